The first kappa shape index (κ1) is 19.5. The molecular weight excluding hydrogens is 376 g/mol. The monoisotopic (exact) mass is 398 g/mol. The van der Waals surface area contributed by atoms with Gasteiger partial charge in [0.25, 0.3) is 5.91 Å². The molecule has 3 aromatic carbocycles. The van der Waals surface area contributed by atoms with Crippen LogP contribution in [0.25, 0.3) is 22.2 Å². The number of rotatable bonds is 5. The average molecular weight is 398 g/mol. The second kappa shape index (κ2) is 8.25. The molecule has 0 N–H and O–H groups in total. The molecule has 0 bridgehead atoms. The fourth-order valence-corrected chi connectivity index (χ4v) is 3.45. The van der Waals surface area contributed by atoms with Gasteiger partial charge in [-0.1, -0.05) is 36.4 Å². The molecule has 0 spiro atoms. The highest BCUT2D eigenvalue weighted by Gasteiger charge is 2.19. The zero-order valence-electron chi connectivity index (χ0n) is 17.1. The molecule has 150 valence electrons. The van der Waals surface area contributed by atoms with E-state index < -0.39 is 0 Å². The van der Waals surface area contributed by atoms with Crippen molar-refractivity contribution in [3.05, 3.63) is 84.4 Å². The summed E-state index contributed by atoms with van der Waals surface area (Å²) in [4.78, 5) is 19.9. The quantitative estimate of drug-likeness (QED) is 0.464. The smallest absolute Gasteiger partial charge is 0.258 e. The van der Waals surface area contributed by atoms with Gasteiger partial charge in [-0.05, 0) is 42.5 Å². The zero-order valence-corrected chi connectivity index (χ0v) is 17.1. The Bertz CT molecular complexity index is 1210. The molecule has 1 amide bonds. The first-order valence-electron chi connectivity index (χ1n) is 9.57. The number of hydrogen-bond acceptors (Lipinski definition) is 4. The molecule has 0 saturated carbocycles. The van der Waals surface area contributed by atoms with Crippen LogP contribution in [0.15, 0.2) is 78.9 Å². The maximum Gasteiger partial charge on any atom is 0.258 e. The lowest BCUT2D eigenvalue weighted by Gasteiger charge is -2.19. The number of ether oxygens (including phenoxy) is 2. The van der Waals surface area contributed by atoms with E-state index in [1.807, 2.05) is 78.9 Å². The van der Waals surface area contributed by atoms with Gasteiger partial charge >= 0.3 is 0 Å². The molecule has 0 unspecified atom stereocenters. The minimum Gasteiger partial charge on any atom is -0.493 e. The maximum atomic E-state index is 13.4. The summed E-state index contributed by atoms with van der Waals surface area (Å²) >= 11 is 0. The summed E-state index contributed by atoms with van der Waals surface area (Å²) in [5.41, 5.74) is 3.72. The fraction of sp³-hybridized carbons (Fsp3) is 0.120. The number of carbonyl (C=O) groups excluding carboxylic acids is 1. The van der Waals surface area contributed by atoms with Crippen LogP contribution in [0.5, 0.6) is 11.5 Å². The highest BCUT2D eigenvalue weighted by Crippen LogP contribution is 2.33. The first-order valence-corrected chi connectivity index (χ1v) is 9.57. The average Bonchev–Trinajstić information content (AvgIpc) is 2.82. The second-order valence-corrected chi connectivity index (χ2v) is 6.84. The summed E-state index contributed by atoms with van der Waals surface area (Å²) in [5.74, 6) is 1.16. The maximum absolute atomic E-state index is 13.4. The Labute approximate surface area is 175 Å². The van der Waals surface area contributed by atoms with E-state index >= 15 is 0 Å². The number of anilines is 1. The molecule has 4 aromatic rings. The molecule has 0 saturated heterocycles. The van der Waals surface area contributed by atoms with Crippen LogP contribution >= 0.6 is 0 Å². The number of nitrogens with zero attached hydrogens (tertiary/aromatic N) is 2. The molecule has 0 aliphatic heterocycles. The Hall–Kier alpha value is -3.86. The van der Waals surface area contributed by atoms with Crippen LogP contribution in [0, 0.1) is 0 Å². The van der Waals surface area contributed by atoms with Gasteiger partial charge in [-0.15, -0.1) is 0 Å². The minimum absolute atomic E-state index is 0.0958. The SMILES string of the molecule is COc1ccc(-c2cc(C(=O)N(C)c3ccccc3)c3ccccc3n2)cc1OC. The second-order valence-electron chi connectivity index (χ2n) is 6.84. The van der Waals surface area contributed by atoms with Crippen molar-refractivity contribution in [2.45, 2.75) is 0 Å². The molecule has 5 heteroatoms. The van der Waals surface area contributed by atoms with Crippen molar-refractivity contribution in [3.8, 4) is 22.8 Å². The Balaban J connectivity index is 1.85. The van der Waals surface area contributed by atoms with E-state index in [1.54, 1.807) is 26.2 Å². The third kappa shape index (κ3) is 3.57. The number of benzene rings is 3. The molecule has 0 atom stereocenters. The summed E-state index contributed by atoms with van der Waals surface area (Å²) in [6.07, 6.45) is 0. The van der Waals surface area contributed by atoms with Crippen molar-refractivity contribution in [3.63, 3.8) is 0 Å². The van der Waals surface area contributed by atoms with Crippen LogP contribution in [-0.2, 0) is 0 Å². The Morgan fingerprint density at radius 3 is 2.27 bits per heavy atom. The Morgan fingerprint density at radius 1 is 0.833 bits per heavy atom. The van der Waals surface area contributed by atoms with Crippen LogP contribution in [-0.4, -0.2) is 32.2 Å². The third-order valence-corrected chi connectivity index (χ3v) is 5.07. The number of carbonyl (C=O) groups is 1. The minimum atomic E-state index is -0.0958. The lowest BCUT2D eigenvalue weighted by atomic mass is 10.0. The first-order chi connectivity index (χ1) is 14.6. The predicted molar refractivity (Wildman–Crippen MR) is 119 cm³/mol. The summed E-state index contributed by atoms with van der Waals surface area (Å²) in [5, 5.41) is 0.814. The molecule has 5 nitrogen and oxygen atoms in total. The normalized spacial score (nSPS) is 10.6. The molecule has 0 radical (unpaired) electrons. The van der Waals surface area contributed by atoms with E-state index in [0.29, 0.717) is 22.8 Å². The zero-order chi connectivity index (χ0) is 21.1. The number of para-hydroxylation sites is 2. The van der Waals surface area contributed by atoms with Gasteiger partial charge in [-0.3, -0.25) is 4.79 Å². The van der Waals surface area contributed by atoms with Crippen molar-refractivity contribution >= 4 is 22.5 Å². The highest BCUT2D eigenvalue weighted by atomic mass is 16.5. The molecule has 1 heterocycles. The van der Waals surface area contributed by atoms with Gasteiger partial charge in [0.2, 0.25) is 0 Å². The Morgan fingerprint density at radius 2 is 1.53 bits per heavy atom. The lowest BCUT2D eigenvalue weighted by molar-refractivity contribution is 0.0994. The molecule has 4 rings (SSSR count). The van der Waals surface area contributed by atoms with Crippen molar-refractivity contribution in [2.24, 2.45) is 0 Å². The molecule has 0 aliphatic rings. The number of methoxy groups -OCH3 is 2. The van der Waals surface area contributed by atoms with Crippen molar-refractivity contribution < 1.29 is 14.3 Å². The number of hydrogen-bond donors (Lipinski definition) is 0. The molecule has 1 aromatic heterocycles. The lowest BCUT2D eigenvalue weighted by Crippen LogP contribution is -2.26. The van der Waals surface area contributed by atoms with Gasteiger partial charge < -0.3 is 14.4 Å². The van der Waals surface area contributed by atoms with E-state index in [4.69, 9.17) is 14.5 Å². The van der Waals surface area contributed by atoms with E-state index in [2.05, 4.69) is 0 Å². The van der Waals surface area contributed by atoms with E-state index in [9.17, 15) is 4.79 Å². The van der Waals surface area contributed by atoms with E-state index in [-0.39, 0.29) is 5.91 Å². The number of amides is 1. The van der Waals surface area contributed by atoms with Crippen LogP contribution in [0.3, 0.4) is 0 Å². The number of pyridine rings is 1. The van der Waals surface area contributed by atoms with Gasteiger partial charge in [0.15, 0.2) is 11.5 Å². The summed E-state index contributed by atoms with van der Waals surface area (Å²) < 4.78 is 10.8. The predicted octanol–water partition coefficient (Wildman–Crippen LogP) is 5.20. The fourth-order valence-electron chi connectivity index (χ4n) is 3.45. The van der Waals surface area contributed by atoms with Gasteiger partial charge in [0.05, 0.1) is 31.0 Å². The summed E-state index contributed by atoms with van der Waals surface area (Å²) in [7, 11) is 4.98. The van der Waals surface area contributed by atoms with Gasteiger partial charge in [0, 0.05) is 23.7 Å². The standard InChI is InChI=1S/C25H22N2O3/c1-27(18-9-5-4-6-10-18)25(28)20-16-22(26-21-12-8-7-11-19(20)21)17-13-14-23(29-2)24(15-17)30-3/h4-16H,1-3H3. The number of fused-ring (bicyclic) bond motifs is 1. The molecule has 0 fully saturated rings. The van der Waals surface area contributed by atoms with Gasteiger partial charge in [-0.25, -0.2) is 4.98 Å². The van der Waals surface area contributed by atoms with Crippen LogP contribution < -0.4 is 14.4 Å². The van der Waals surface area contributed by atoms with Gasteiger partial charge in [-0.2, -0.15) is 0 Å². The molecule has 0 aliphatic carbocycles. The summed E-state index contributed by atoms with van der Waals surface area (Å²) in [6, 6.07) is 24.7. The van der Waals surface area contributed by atoms with Crippen LogP contribution in [0.2, 0.25) is 0 Å². The van der Waals surface area contributed by atoms with Crippen LogP contribution in [0.4, 0.5) is 5.69 Å². The highest BCUT2D eigenvalue weighted by molar-refractivity contribution is 6.14. The molecule has 30 heavy (non-hydrogen) atoms. The topological polar surface area (TPSA) is 51.7 Å². The third-order valence-electron chi connectivity index (χ3n) is 5.07. The summed E-state index contributed by atoms with van der Waals surface area (Å²) in [6.45, 7) is 0. The van der Waals surface area contributed by atoms with Crippen molar-refractivity contribution in [1.29, 1.82) is 0 Å². The van der Waals surface area contributed by atoms with E-state index in [1.165, 1.54) is 0 Å². The van der Waals surface area contributed by atoms with Crippen molar-refractivity contribution in [1.82, 2.24) is 4.98 Å². The number of aromatic nitrogens is 1. The van der Waals surface area contributed by atoms with Crippen molar-refractivity contribution in [2.75, 3.05) is 26.2 Å². The molecular formula is C25H22N2O3. The van der Waals surface area contributed by atoms with Crippen LogP contribution in [0.1, 0.15) is 10.4 Å². The Kier molecular flexibility index (Phi) is 5.35. The van der Waals surface area contributed by atoms with Gasteiger partial charge in [0.1, 0.15) is 0 Å². The largest absolute Gasteiger partial charge is 0.493 e. The van der Waals surface area contributed by atoms with E-state index in [0.717, 1.165) is 22.2 Å².